The molecular formula is C11H8ClFN2O. The van der Waals surface area contributed by atoms with E-state index >= 15 is 0 Å². The molecule has 0 N–H and O–H groups in total. The maximum absolute atomic E-state index is 13.1. The normalized spacial score (nSPS) is 10.4. The van der Waals surface area contributed by atoms with Crippen molar-refractivity contribution in [3.8, 4) is 0 Å². The number of imidazole rings is 1. The van der Waals surface area contributed by atoms with E-state index in [1.54, 1.807) is 22.9 Å². The largest absolute Gasteiger partial charge is 0.332 e. The topological polar surface area (TPSA) is 34.9 Å². The van der Waals surface area contributed by atoms with E-state index in [0.29, 0.717) is 24.1 Å². The van der Waals surface area contributed by atoms with Gasteiger partial charge in [-0.2, -0.15) is 0 Å². The smallest absolute Gasteiger partial charge is 0.169 e. The van der Waals surface area contributed by atoms with Crippen molar-refractivity contribution in [1.82, 2.24) is 9.55 Å². The van der Waals surface area contributed by atoms with Crippen molar-refractivity contribution in [1.29, 1.82) is 0 Å². The summed E-state index contributed by atoms with van der Waals surface area (Å²) in [6, 6.07) is 4.62. The zero-order chi connectivity index (χ0) is 11.5. The van der Waals surface area contributed by atoms with E-state index < -0.39 is 5.82 Å². The highest BCUT2D eigenvalue weighted by atomic mass is 35.5. The summed E-state index contributed by atoms with van der Waals surface area (Å²) in [4.78, 5) is 14.3. The third-order valence-electron chi connectivity index (χ3n) is 2.16. The van der Waals surface area contributed by atoms with Gasteiger partial charge in [-0.15, -0.1) is 0 Å². The zero-order valence-corrected chi connectivity index (χ0v) is 8.99. The predicted molar refractivity (Wildman–Crippen MR) is 58.1 cm³/mol. The fourth-order valence-electron chi connectivity index (χ4n) is 1.39. The average molecular weight is 239 g/mol. The van der Waals surface area contributed by atoms with Gasteiger partial charge in [0, 0.05) is 6.20 Å². The van der Waals surface area contributed by atoms with Crippen LogP contribution in [0.5, 0.6) is 0 Å². The molecule has 0 saturated heterocycles. The van der Waals surface area contributed by atoms with Gasteiger partial charge in [0.1, 0.15) is 11.5 Å². The monoisotopic (exact) mass is 238 g/mol. The van der Waals surface area contributed by atoms with Crippen molar-refractivity contribution in [2.75, 3.05) is 0 Å². The third kappa shape index (κ3) is 2.12. The lowest BCUT2D eigenvalue weighted by molar-refractivity contribution is 0.111. The predicted octanol–water partition coefficient (Wildman–Crippen LogP) is 2.54. The molecule has 2 rings (SSSR count). The van der Waals surface area contributed by atoms with Crippen LogP contribution in [-0.2, 0) is 6.54 Å². The van der Waals surface area contributed by atoms with Gasteiger partial charge in [-0.1, -0.05) is 23.7 Å². The molecule has 0 aliphatic carbocycles. The summed E-state index contributed by atoms with van der Waals surface area (Å²) in [5.41, 5.74) is 0.990. The molecule has 0 aliphatic rings. The van der Waals surface area contributed by atoms with Crippen molar-refractivity contribution in [3.05, 3.63) is 52.8 Å². The number of hydrogen-bond donors (Lipinski definition) is 0. The Kier molecular flexibility index (Phi) is 3.01. The first-order chi connectivity index (χ1) is 7.70. The number of rotatable bonds is 3. The fourth-order valence-corrected chi connectivity index (χ4v) is 1.58. The lowest BCUT2D eigenvalue weighted by Crippen LogP contribution is -1.98. The van der Waals surface area contributed by atoms with Crippen LogP contribution in [0.4, 0.5) is 4.39 Å². The molecule has 0 unspecified atom stereocenters. The van der Waals surface area contributed by atoms with Crippen molar-refractivity contribution < 1.29 is 9.18 Å². The number of carbonyl (C=O) groups excluding carboxylic acids is 1. The van der Waals surface area contributed by atoms with Gasteiger partial charge >= 0.3 is 0 Å². The van der Waals surface area contributed by atoms with Crippen LogP contribution in [0, 0.1) is 5.82 Å². The quantitative estimate of drug-likeness (QED) is 0.771. The third-order valence-corrected chi connectivity index (χ3v) is 2.58. The van der Waals surface area contributed by atoms with Gasteiger partial charge in [-0.3, -0.25) is 4.79 Å². The molecule has 0 spiro atoms. The Bertz CT molecular complexity index is 524. The van der Waals surface area contributed by atoms with Gasteiger partial charge in [0.05, 0.1) is 17.9 Å². The maximum atomic E-state index is 13.1. The van der Waals surface area contributed by atoms with Gasteiger partial charge < -0.3 is 4.57 Å². The van der Waals surface area contributed by atoms with Crippen molar-refractivity contribution in [2.45, 2.75) is 6.54 Å². The highest BCUT2D eigenvalue weighted by Gasteiger charge is 2.06. The summed E-state index contributed by atoms with van der Waals surface area (Å²) in [5, 5.41) is 0.101. The Labute approximate surface area is 96.5 Å². The molecule has 0 fully saturated rings. The summed E-state index contributed by atoms with van der Waals surface area (Å²) in [7, 11) is 0. The minimum Gasteiger partial charge on any atom is -0.332 e. The summed E-state index contributed by atoms with van der Waals surface area (Å²) >= 11 is 5.81. The molecule has 0 bridgehead atoms. The van der Waals surface area contributed by atoms with E-state index in [4.69, 9.17) is 11.6 Å². The molecule has 1 aromatic carbocycles. The van der Waals surface area contributed by atoms with E-state index in [-0.39, 0.29) is 5.02 Å². The van der Waals surface area contributed by atoms with E-state index in [1.807, 2.05) is 0 Å². The number of hydrogen-bond acceptors (Lipinski definition) is 2. The molecule has 0 atom stereocenters. The molecule has 1 heterocycles. The lowest BCUT2D eigenvalue weighted by atomic mass is 10.2. The van der Waals surface area contributed by atoms with Crippen molar-refractivity contribution >= 4 is 17.9 Å². The standard InChI is InChI=1S/C11H8ClFN2O/c12-11-8(2-1-3-10(11)13)4-15-5-9(6-16)14-7-15/h1-3,5-7H,4H2. The summed E-state index contributed by atoms with van der Waals surface area (Å²) in [6.45, 7) is 0.386. The number of halogens is 2. The fraction of sp³-hybridized carbons (Fsp3) is 0.0909. The Morgan fingerprint density at radius 3 is 3.00 bits per heavy atom. The van der Waals surface area contributed by atoms with E-state index in [9.17, 15) is 9.18 Å². The molecule has 0 radical (unpaired) electrons. The van der Waals surface area contributed by atoms with Crippen LogP contribution < -0.4 is 0 Å². The summed E-state index contributed by atoms with van der Waals surface area (Å²) in [6.07, 6.45) is 3.74. The molecular weight excluding hydrogens is 231 g/mol. The number of aldehydes is 1. The van der Waals surface area contributed by atoms with Crippen molar-refractivity contribution in [3.63, 3.8) is 0 Å². The van der Waals surface area contributed by atoms with Crippen LogP contribution in [-0.4, -0.2) is 15.8 Å². The van der Waals surface area contributed by atoms with Crippen LogP contribution in [0.3, 0.4) is 0 Å². The zero-order valence-electron chi connectivity index (χ0n) is 8.23. The van der Waals surface area contributed by atoms with Gasteiger partial charge in [-0.25, -0.2) is 9.37 Å². The SMILES string of the molecule is O=Cc1cn(Cc2cccc(F)c2Cl)cn1. The van der Waals surface area contributed by atoms with Gasteiger partial charge in [0.2, 0.25) is 0 Å². The van der Waals surface area contributed by atoms with Crippen molar-refractivity contribution in [2.24, 2.45) is 0 Å². The number of carbonyl (C=O) groups is 1. The first-order valence-electron chi connectivity index (χ1n) is 4.60. The van der Waals surface area contributed by atoms with Gasteiger partial charge in [0.25, 0.3) is 0 Å². The number of aromatic nitrogens is 2. The van der Waals surface area contributed by atoms with Crippen LogP contribution >= 0.6 is 11.6 Å². The first kappa shape index (κ1) is 10.8. The minimum absolute atomic E-state index is 0.101. The Hall–Kier alpha value is -1.68. The van der Waals surface area contributed by atoms with E-state index in [1.165, 1.54) is 12.4 Å². The Morgan fingerprint density at radius 2 is 2.31 bits per heavy atom. The number of nitrogens with zero attached hydrogens (tertiary/aromatic N) is 2. The molecule has 16 heavy (non-hydrogen) atoms. The molecule has 1 aromatic heterocycles. The second-order valence-corrected chi connectivity index (χ2v) is 3.68. The van der Waals surface area contributed by atoms with Crippen LogP contribution in [0.2, 0.25) is 5.02 Å². The Balaban J connectivity index is 2.26. The highest BCUT2D eigenvalue weighted by molar-refractivity contribution is 6.31. The second-order valence-electron chi connectivity index (χ2n) is 3.30. The molecule has 5 heteroatoms. The minimum atomic E-state index is -0.449. The van der Waals surface area contributed by atoms with Crippen LogP contribution in [0.1, 0.15) is 16.1 Å². The molecule has 0 aliphatic heterocycles. The molecule has 2 aromatic rings. The second kappa shape index (κ2) is 4.45. The lowest BCUT2D eigenvalue weighted by Gasteiger charge is -2.05. The highest BCUT2D eigenvalue weighted by Crippen LogP contribution is 2.20. The van der Waals surface area contributed by atoms with Crippen LogP contribution in [0.15, 0.2) is 30.7 Å². The van der Waals surface area contributed by atoms with Gasteiger partial charge in [0.15, 0.2) is 6.29 Å². The van der Waals surface area contributed by atoms with E-state index in [2.05, 4.69) is 4.98 Å². The Morgan fingerprint density at radius 1 is 1.50 bits per heavy atom. The molecule has 3 nitrogen and oxygen atoms in total. The molecule has 0 amide bonds. The van der Waals surface area contributed by atoms with Crippen LogP contribution in [0.25, 0.3) is 0 Å². The number of benzene rings is 1. The molecule has 82 valence electrons. The summed E-state index contributed by atoms with van der Waals surface area (Å²) in [5.74, 6) is -0.449. The van der Waals surface area contributed by atoms with Gasteiger partial charge in [-0.05, 0) is 11.6 Å². The summed E-state index contributed by atoms with van der Waals surface area (Å²) < 4.78 is 14.8. The average Bonchev–Trinajstić information content (AvgIpc) is 2.73. The maximum Gasteiger partial charge on any atom is 0.169 e. The molecule has 0 saturated carbocycles. The van der Waals surface area contributed by atoms with E-state index in [0.717, 1.165) is 0 Å². The first-order valence-corrected chi connectivity index (χ1v) is 4.98.